The van der Waals surface area contributed by atoms with E-state index < -0.39 is 0 Å². The molecule has 0 amide bonds. The van der Waals surface area contributed by atoms with Gasteiger partial charge < -0.3 is 5.73 Å². The van der Waals surface area contributed by atoms with Crippen LogP contribution < -0.4 is 5.73 Å². The molecule has 3 rings (SSSR count). The molecule has 0 bridgehead atoms. The summed E-state index contributed by atoms with van der Waals surface area (Å²) >= 11 is 1.73. The van der Waals surface area contributed by atoms with Gasteiger partial charge in [0.1, 0.15) is 0 Å². The average Bonchev–Trinajstić information content (AvgIpc) is 2.98. The Labute approximate surface area is 112 Å². The molecule has 1 aromatic carbocycles. The first-order valence-electron chi connectivity index (χ1n) is 6.43. The maximum Gasteiger partial charge on any atom is 0.0948 e. The fourth-order valence-electron chi connectivity index (χ4n) is 2.15. The third-order valence-electron chi connectivity index (χ3n) is 3.95. The maximum absolute atomic E-state index is 6.26. The van der Waals surface area contributed by atoms with Gasteiger partial charge in [0.25, 0.3) is 0 Å². The Morgan fingerprint density at radius 3 is 2.72 bits per heavy atom. The number of nitrogens with two attached hydrogens (primary N) is 1. The van der Waals surface area contributed by atoms with E-state index in [1.807, 2.05) is 18.2 Å². The molecular formula is C15H18N2S. The van der Waals surface area contributed by atoms with Crippen molar-refractivity contribution in [3.63, 3.8) is 0 Å². The van der Waals surface area contributed by atoms with E-state index in [1.54, 1.807) is 11.3 Å². The van der Waals surface area contributed by atoms with Gasteiger partial charge in [0, 0.05) is 23.4 Å². The topological polar surface area (TPSA) is 38.9 Å². The molecule has 1 aliphatic rings. The van der Waals surface area contributed by atoms with Gasteiger partial charge in [-0.1, -0.05) is 37.3 Å². The van der Waals surface area contributed by atoms with Crippen molar-refractivity contribution in [2.75, 3.05) is 0 Å². The third kappa shape index (κ3) is 2.33. The molecule has 1 aromatic heterocycles. The van der Waals surface area contributed by atoms with E-state index >= 15 is 0 Å². The minimum Gasteiger partial charge on any atom is -0.327 e. The SMILES string of the molecule is CC1(C(N)Cc2nc(-c3ccccc3)cs2)CC1. The lowest BCUT2D eigenvalue weighted by molar-refractivity contribution is 0.432. The molecule has 1 fully saturated rings. The van der Waals surface area contributed by atoms with E-state index in [4.69, 9.17) is 10.7 Å². The van der Waals surface area contributed by atoms with Crippen LogP contribution in [0.2, 0.25) is 0 Å². The van der Waals surface area contributed by atoms with Gasteiger partial charge in [-0.2, -0.15) is 0 Å². The van der Waals surface area contributed by atoms with E-state index in [2.05, 4.69) is 24.4 Å². The summed E-state index contributed by atoms with van der Waals surface area (Å²) in [5.41, 5.74) is 8.89. The summed E-state index contributed by atoms with van der Waals surface area (Å²) in [7, 11) is 0. The molecule has 0 spiro atoms. The van der Waals surface area contributed by atoms with Crippen LogP contribution in [0.3, 0.4) is 0 Å². The van der Waals surface area contributed by atoms with E-state index in [-0.39, 0.29) is 6.04 Å². The Hall–Kier alpha value is -1.19. The second-order valence-electron chi connectivity index (χ2n) is 5.46. The summed E-state index contributed by atoms with van der Waals surface area (Å²) in [4.78, 5) is 4.70. The number of hydrogen-bond donors (Lipinski definition) is 1. The normalized spacial score (nSPS) is 18.6. The van der Waals surface area contributed by atoms with Crippen LogP contribution in [0.1, 0.15) is 24.8 Å². The highest BCUT2D eigenvalue weighted by atomic mass is 32.1. The Morgan fingerprint density at radius 1 is 1.33 bits per heavy atom. The van der Waals surface area contributed by atoms with Crippen molar-refractivity contribution in [3.05, 3.63) is 40.7 Å². The zero-order valence-corrected chi connectivity index (χ0v) is 11.4. The van der Waals surface area contributed by atoms with Crippen molar-refractivity contribution in [2.24, 2.45) is 11.1 Å². The number of hydrogen-bond acceptors (Lipinski definition) is 3. The lowest BCUT2D eigenvalue weighted by Crippen LogP contribution is -2.31. The van der Waals surface area contributed by atoms with Crippen LogP contribution in [-0.2, 0) is 6.42 Å². The Kier molecular flexibility index (Phi) is 2.96. The zero-order chi connectivity index (χ0) is 12.6. The van der Waals surface area contributed by atoms with Gasteiger partial charge in [-0.3, -0.25) is 0 Å². The first-order valence-corrected chi connectivity index (χ1v) is 7.31. The average molecular weight is 258 g/mol. The van der Waals surface area contributed by atoms with Gasteiger partial charge in [0.15, 0.2) is 0 Å². The highest BCUT2D eigenvalue weighted by Gasteiger charge is 2.43. The molecule has 2 N–H and O–H groups in total. The van der Waals surface area contributed by atoms with Crippen molar-refractivity contribution >= 4 is 11.3 Å². The van der Waals surface area contributed by atoms with Gasteiger partial charge in [-0.05, 0) is 18.3 Å². The molecule has 1 unspecified atom stereocenters. The first-order chi connectivity index (χ1) is 8.67. The van der Waals surface area contributed by atoms with Crippen molar-refractivity contribution in [1.29, 1.82) is 0 Å². The van der Waals surface area contributed by atoms with Crippen LogP contribution >= 0.6 is 11.3 Å². The van der Waals surface area contributed by atoms with Crippen LogP contribution in [0.15, 0.2) is 35.7 Å². The smallest absolute Gasteiger partial charge is 0.0948 e. The van der Waals surface area contributed by atoms with E-state index in [9.17, 15) is 0 Å². The number of nitrogens with zero attached hydrogens (tertiary/aromatic N) is 1. The van der Waals surface area contributed by atoms with E-state index in [1.165, 1.54) is 18.4 Å². The second-order valence-corrected chi connectivity index (χ2v) is 6.40. The third-order valence-corrected chi connectivity index (χ3v) is 4.82. The van der Waals surface area contributed by atoms with Gasteiger partial charge in [0.2, 0.25) is 0 Å². The summed E-state index contributed by atoms with van der Waals surface area (Å²) in [5, 5.41) is 3.29. The molecule has 0 aliphatic heterocycles. The van der Waals surface area contributed by atoms with E-state index in [0.717, 1.165) is 17.1 Å². The highest BCUT2D eigenvalue weighted by molar-refractivity contribution is 7.09. The Bertz CT molecular complexity index is 528. The molecule has 1 heterocycles. The largest absolute Gasteiger partial charge is 0.327 e. The van der Waals surface area contributed by atoms with Crippen LogP contribution in [0.25, 0.3) is 11.3 Å². The molecule has 94 valence electrons. The fraction of sp³-hybridized carbons (Fsp3) is 0.400. The minimum atomic E-state index is 0.257. The lowest BCUT2D eigenvalue weighted by atomic mass is 9.97. The molecule has 0 radical (unpaired) electrons. The van der Waals surface area contributed by atoms with Crippen molar-refractivity contribution in [3.8, 4) is 11.3 Å². The number of aromatic nitrogens is 1. The molecule has 1 atom stereocenters. The van der Waals surface area contributed by atoms with Crippen molar-refractivity contribution < 1.29 is 0 Å². The second kappa shape index (κ2) is 4.48. The van der Waals surface area contributed by atoms with E-state index in [0.29, 0.717) is 5.41 Å². The van der Waals surface area contributed by atoms with Gasteiger partial charge in [-0.25, -0.2) is 4.98 Å². The monoisotopic (exact) mass is 258 g/mol. The lowest BCUT2D eigenvalue weighted by Gasteiger charge is -2.16. The summed E-state index contributed by atoms with van der Waals surface area (Å²) in [6.45, 7) is 2.28. The molecule has 3 heteroatoms. The van der Waals surface area contributed by atoms with Crippen LogP contribution in [0.4, 0.5) is 0 Å². The van der Waals surface area contributed by atoms with Crippen molar-refractivity contribution in [2.45, 2.75) is 32.2 Å². The first kappa shape index (κ1) is 11.9. The molecular weight excluding hydrogens is 240 g/mol. The molecule has 2 nitrogen and oxygen atoms in total. The van der Waals surface area contributed by atoms with Crippen LogP contribution in [0, 0.1) is 5.41 Å². The van der Waals surface area contributed by atoms with Crippen LogP contribution in [-0.4, -0.2) is 11.0 Å². The van der Waals surface area contributed by atoms with Gasteiger partial charge >= 0.3 is 0 Å². The maximum atomic E-state index is 6.26. The Morgan fingerprint density at radius 2 is 2.06 bits per heavy atom. The molecule has 0 saturated heterocycles. The zero-order valence-electron chi connectivity index (χ0n) is 10.6. The van der Waals surface area contributed by atoms with Crippen molar-refractivity contribution in [1.82, 2.24) is 4.98 Å². The quantitative estimate of drug-likeness (QED) is 0.912. The molecule has 2 aromatic rings. The summed E-state index contributed by atoms with van der Waals surface area (Å²) in [6.07, 6.45) is 3.45. The molecule has 18 heavy (non-hydrogen) atoms. The number of thiazole rings is 1. The van der Waals surface area contributed by atoms with Gasteiger partial charge in [-0.15, -0.1) is 11.3 Å². The molecule has 1 aliphatic carbocycles. The highest BCUT2D eigenvalue weighted by Crippen LogP contribution is 2.48. The van der Waals surface area contributed by atoms with Crippen LogP contribution in [0.5, 0.6) is 0 Å². The summed E-state index contributed by atoms with van der Waals surface area (Å²) < 4.78 is 0. The predicted molar refractivity (Wildman–Crippen MR) is 76.6 cm³/mol. The number of benzene rings is 1. The van der Waals surface area contributed by atoms with Gasteiger partial charge in [0.05, 0.1) is 10.7 Å². The predicted octanol–water partition coefficient (Wildman–Crippen LogP) is 3.48. The fourth-order valence-corrected chi connectivity index (χ4v) is 3.01. The Balaban J connectivity index is 1.74. The molecule has 1 saturated carbocycles. The summed E-state index contributed by atoms with van der Waals surface area (Å²) in [6, 6.07) is 10.6. The standard InChI is InChI=1S/C15H18N2S/c1-15(7-8-15)13(16)9-14-17-12(10-18-14)11-5-3-2-4-6-11/h2-6,10,13H,7-9,16H2,1H3. The minimum absolute atomic E-state index is 0.257. The number of rotatable bonds is 4. The summed E-state index contributed by atoms with van der Waals surface area (Å²) in [5.74, 6) is 0.